The standard InChI is InChI=1S/C48H96N2O5/c1-5-9-13-15-17-19-24-32-42-50(43-33-25-20-18-16-14-10-6-2)47(52)38-28-22-21-23-29-39-49(40-30-26-34-44-51)41-31-27-35-45-54-48(53)55-46(36-11-7-3)37-12-8-4/h46,51H,5-45H2,1-4H3. The first-order valence-corrected chi connectivity index (χ1v) is 24.5. The van der Waals surface area contributed by atoms with E-state index in [1.807, 2.05) is 0 Å². The molecule has 0 fully saturated rings. The number of carbonyl (C=O) groups is 2. The number of unbranched alkanes of at least 4 members (excludes halogenated alkanes) is 24. The second-order valence-corrected chi connectivity index (χ2v) is 16.7. The van der Waals surface area contributed by atoms with Crippen molar-refractivity contribution in [3.8, 4) is 0 Å². The number of nitrogens with zero attached hydrogens (tertiary/aromatic N) is 2. The van der Waals surface area contributed by atoms with E-state index in [-0.39, 0.29) is 12.7 Å². The molecule has 0 aromatic rings. The Morgan fingerprint density at radius 1 is 0.455 bits per heavy atom. The van der Waals surface area contributed by atoms with Crippen molar-refractivity contribution in [3.63, 3.8) is 0 Å². The lowest BCUT2D eigenvalue weighted by atomic mass is 10.1. The monoisotopic (exact) mass is 781 g/mol. The molecule has 0 aromatic heterocycles. The summed E-state index contributed by atoms with van der Waals surface area (Å²) in [5.41, 5.74) is 0. The zero-order valence-corrected chi connectivity index (χ0v) is 37.5. The van der Waals surface area contributed by atoms with Crippen LogP contribution in [0.5, 0.6) is 0 Å². The highest BCUT2D eigenvalue weighted by Crippen LogP contribution is 2.16. The van der Waals surface area contributed by atoms with Gasteiger partial charge in [-0.1, -0.05) is 163 Å². The zero-order chi connectivity index (χ0) is 40.3. The Labute approximate surface area is 343 Å². The Bertz CT molecular complexity index is 768. The van der Waals surface area contributed by atoms with Crippen molar-refractivity contribution in [2.24, 2.45) is 0 Å². The number of amides is 1. The summed E-state index contributed by atoms with van der Waals surface area (Å²) >= 11 is 0. The van der Waals surface area contributed by atoms with Crippen molar-refractivity contribution in [3.05, 3.63) is 0 Å². The molecule has 0 aliphatic carbocycles. The minimum atomic E-state index is -0.498. The van der Waals surface area contributed by atoms with Gasteiger partial charge >= 0.3 is 6.16 Å². The minimum absolute atomic E-state index is 0.0108. The fourth-order valence-corrected chi connectivity index (χ4v) is 7.56. The summed E-state index contributed by atoms with van der Waals surface area (Å²) in [7, 11) is 0. The van der Waals surface area contributed by atoms with Gasteiger partial charge in [-0.05, 0) is 96.7 Å². The molecule has 1 N–H and O–H groups in total. The van der Waals surface area contributed by atoms with Gasteiger partial charge in [0.2, 0.25) is 5.91 Å². The molecule has 1 amide bonds. The van der Waals surface area contributed by atoms with Gasteiger partial charge in [0, 0.05) is 26.1 Å². The Hall–Kier alpha value is -1.34. The van der Waals surface area contributed by atoms with Gasteiger partial charge in [-0.3, -0.25) is 4.79 Å². The van der Waals surface area contributed by atoms with Crippen LogP contribution in [0.15, 0.2) is 0 Å². The first-order valence-electron chi connectivity index (χ1n) is 24.5. The largest absolute Gasteiger partial charge is 0.508 e. The maximum atomic E-state index is 13.3. The predicted molar refractivity (Wildman–Crippen MR) is 236 cm³/mol. The summed E-state index contributed by atoms with van der Waals surface area (Å²) in [6, 6.07) is 0. The van der Waals surface area contributed by atoms with Crippen molar-refractivity contribution < 1.29 is 24.2 Å². The average molecular weight is 781 g/mol. The van der Waals surface area contributed by atoms with Crippen LogP contribution in [0, 0.1) is 0 Å². The highest BCUT2D eigenvalue weighted by molar-refractivity contribution is 5.76. The van der Waals surface area contributed by atoms with Crippen molar-refractivity contribution in [2.75, 3.05) is 45.9 Å². The molecule has 55 heavy (non-hydrogen) atoms. The van der Waals surface area contributed by atoms with E-state index in [0.717, 1.165) is 135 Å². The lowest BCUT2D eigenvalue weighted by Crippen LogP contribution is -2.32. The fourth-order valence-electron chi connectivity index (χ4n) is 7.56. The molecular weight excluding hydrogens is 685 g/mol. The summed E-state index contributed by atoms with van der Waals surface area (Å²) in [5, 5.41) is 9.22. The summed E-state index contributed by atoms with van der Waals surface area (Å²) in [4.78, 5) is 30.4. The lowest BCUT2D eigenvalue weighted by molar-refractivity contribution is -0.131. The Kier molecular flexibility index (Phi) is 42.7. The van der Waals surface area contributed by atoms with Crippen LogP contribution in [0.4, 0.5) is 4.79 Å². The van der Waals surface area contributed by atoms with E-state index in [1.165, 1.54) is 109 Å². The van der Waals surface area contributed by atoms with Gasteiger partial charge in [-0.2, -0.15) is 0 Å². The number of hydrogen-bond donors (Lipinski definition) is 1. The molecule has 0 unspecified atom stereocenters. The molecule has 0 spiro atoms. The first kappa shape index (κ1) is 53.7. The number of aliphatic hydroxyl groups excluding tert-OH is 1. The number of hydrogen-bond acceptors (Lipinski definition) is 6. The second kappa shape index (κ2) is 43.8. The van der Waals surface area contributed by atoms with E-state index in [2.05, 4.69) is 37.5 Å². The molecule has 0 aromatic carbocycles. The molecule has 7 heteroatoms. The summed E-state index contributed by atoms with van der Waals surface area (Å²) < 4.78 is 11.1. The second-order valence-electron chi connectivity index (χ2n) is 16.7. The fraction of sp³-hybridized carbons (Fsp3) is 0.958. The average Bonchev–Trinajstić information content (AvgIpc) is 3.19. The smallest absolute Gasteiger partial charge is 0.434 e. The molecular formula is C48H96N2O5. The first-order chi connectivity index (χ1) is 27.0. The third kappa shape index (κ3) is 38.0. The highest BCUT2D eigenvalue weighted by Gasteiger charge is 2.15. The molecule has 7 nitrogen and oxygen atoms in total. The molecule has 0 aliphatic rings. The van der Waals surface area contributed by atoms with Gasteiger partial charge in [0.15, 0.2) is 0 Å². The summed E-state index contributed by atoms with van der Waals surface area (Å²) in [6.07, 6.45) is 39.3. The quantitative estimate of drug-likeness (QED) is 0.0490. The molecule has 0 saturated heterocycles. The van der Waals surface area contributed by atoms with E-state index < -0.39 is 6.16 Å². The van der Waals surface area contributed by atoms with Gasteiger partial charge in [-0.15, -0.1) is 0 Å². The van der Waals surface area contributed by atoms with Crippen LogP contribution in [0.25, 0.3) is 0 Å². The molecule has 0 saturated carbocycles. The number of carbonyl (C=O) groups excluding carboxylic acids is 2. The van der Waals surface area contributed by atoms with E-state index in [0.29, 0.717) is 18.9 Å². The third-order valence-corrected chi connectivity index (χ3v) is 11.3. The molecule has 328 valence electrons. The topological polar surface area (TPSA) is 79.3 Å². The molecule has 0 aliphatic heterocycles. The third-order valence-electron chi connectivity index (χ3n) is 11.3. The predicted octanol–water partition coefficient (Wildman–Crippen LogP) is 14.0. The maximum Gasteiger partial charge on any atom is 0.508 e. The van der Waals surface area contributed by atoms with Gasteiger partial charge in [-0.25, -0.2) is 4.79 Å². The Balaban J connectivity index is 4.45. The highest BCUT2D eigenvalue weighted by atomic mass is 16.7. The van der Waals surface area contributed by atoms with Crippen LogP contribution in [-0.2, 0) is 14.3 Å². The lowest BCUT2D eigenvalue weighted by Gasteiger charge is -2.23. The van der Waals surface area contributed by atoms with E-state index in [4.69, 9.17) is 9.47 Å². The molecule has 0 bridgehead atoms. The Morgan fingerprint density at radius 2 is 0.836 bits per heavy atom. The normalized spacial score (nSPS) is 11.5. The number of rotatable bonds is 44. The van der Waals surface area contributed by atoms with Gasteiger partial charge in [0.25, 0.3) is 0 Å². The summed E-state index contributed by atoms with van der Waals surface area (Å²) in [6.45, 7) is 14.8. The zero-order valence-electron chi connectivity index (χ0n) is 37.5. The van der Waals surface area contributed by atoms with Crippen LogP contribution in [0.3, 0.4) is 0 Å². The van der Waals surface area contributed by atoms with Gasteiger partial charge in [0.05, 0.1) is 6.61 Å². The SMILES string of the molecule is CCCCCCCCCCN(CCCCCCCCCC)C(=O)CCCCCCCN(CCCCCO)CCCCCOC(=O)OC(CCCC)CCCC. The molecule has 0 atom stereocenters. The van der Waals surface area contributed by atoms with E-state index >= 15 is 0 Å². The van der Waals surface area contributed by atoms with Crippen molar-refractivity contribution in [1.29, 1.82) is 0 Å². The van der Waals surface area contributed by atoms with Crippen LogP contribution >= 0.6 is 0 Å². The van der Waals surface area contributed by atoms with E-state index in [1.54, 1.807) is 0 Å². The van der Waals surface area contributed by atoms with E-state index in [9.17, 15) is 14.7 Å². The van der Waals surface area contributed by atoms with Gasteiger partial charge in [0.1, 0.15) is 6.10 Å². The van der Waals surface area contributed by atoms with Crippen LogP contribution in [0.2, 0.25) is 0 Å². The molecule has 0 rings (SSSR count). The van der Waals surface area contributed by atoms with Crippen molar-refractivity contribution >= 4 is 12.1 Å². The van der Waals surface area contributed by atoms with Crippen LogP contribution < -0.4 is 0 Å². The molecule has 0 heterocycles. The Morgan fingerprint density at radius 3 is 1.29 bits per heavy atom. The van der Waals surface area contributed by atoms with Crippen molar-refractivity contribution in [2.45, 2.75) is 252 Å². The van der Waals surface area contributed by atoms with Gasteiger partial charge < -0.3 is 24.4 Å². The van der Waals surface area contributed by atoms with Crippen LogP contribution in [-0.4, -0.2) is 79.0 Å². The van der Waals surface area contributed by atoms with Crippen LogP contribution in [0.1, 0.15) is 246 Å². The molecule has 0 radical (unpaired) electrons. The minimum Gasteiger partial charge on any atom is -0.434 e. The van der Waals surface area contributed by atoms with Crippen molar-refractivity contribution in [1.82, 2.24) is 9.80 Å². The maximum absolute atomic E-state index is 13.3. The summed E-state index contributed by atoms with van der Waals surface area (Å²) in [5.74, 6) is 0.394. The number of ether oxygens (including phenoxy) is 2. The number of aliphatic hydroxyl groups is 1.